The third-order valence-electron chi connectivity index (χ3n) is 4.53. The van der Waals surface area contributed by atoms with Gasteiger partial charge in [-0.3, -0.25) is 25.2 Å². The molecule has 0 saturated heterocycles. The third-order valence-corrected chi connectivity index (χ3v) is 6.68. The molecule has 2 amide bonds. The molecule has 8 nitrogen and oxygen atoms in total. The van der Waals surface area contributed by atoms with Gasteiger partial charge in [0.05, 0.1) is 16.0 Å². The summed E-state index contributed by atoms with van der Waals surface area (Å²) in [5.41, 5.74) is 6.87. The number of carbonyl (C=O) groups is 3. The number of thiazole rings is 1. The van der Waals surface area contributed by atoms with E-state index in [-0.39, 0.29) is 5.75 Å². The number of hydrogen-bond donors (Lipinski definition) is 2. The van der Waals surface area contributed by atoms with Gasteiger partial charge in [-0.1, -0.05) is 23.9 Å². The van der Waals surface area contributed by atoms with Crippen molar-refractivity contribution in [2.75, 3.05) is 30.3 Å². The molecule has 0 radical (unpaired) electrons. The van der Waals surface area contributed by atoms with Gasteiger partial charge in [-0.05, 0) is 50.2 Å². The molecule has 3 rings (SSSR count). The third kappa shape index (κ3) is 6.44. The number of nitrogens with one attached hydrogen (secondary N) is 2. The van der Waals surface area contributed by atoms with Gasteiger partial charge >= 0.3 is 5.97 Å². The lowest BCUT2D eigenvalue weighted by molar-refractivity contribution is -0.146. The van der Waals surface area contributed by atoms with Crippen LogP contribution in [0.5, 0.6) is 0 Å². The topological polar surface area (TPSA) is 101 Å². The molecule has 10 heteroatoms. The van der Waals surface area contributed by atoms with Crippen LogP contribution in [0.15, 0.2) is 52.9 Å². The highest BCUT2D eigenvalue weighted by molar-refractivity contribution is 8.01. The molecular weight excluding hydrogens is 448 g/mol. The van der Waals surface area contributed by atoms with E-state index in [1.54, 1.807) is 12.1 Å². The SMILES string of the molecule is CCN(CC)c1ccc(C(=O)NNC(=O)COC(=O)CSc2nc3ccccc3s2)cc1. The van der Waals surface area contributed by atoms with Gasteiger partial charge in [0.2, 0.25) is 0 Å². The molecule has 0 bridgehead atoms. The zero-order valence-corrected chi connectivity index (χ0v) is 19.4. The zero-order valence-electron chi connectivity index (χ0n) is 17.8. The fourth-order valence-corrected chi connectivity index (χ4v) is 4.73. The normalized spacial score (nSPS) is 10.6. The predicted octanol–water partition coefficient (Wildman–Crippen LogP) is 3.24. The first-order chi connectivity index (χ1) is 15.5. The summed E-state index contributed by atoms with van der Waals surface area (Å²) in [4.78, 5) is 42.5. The van der Waals surface area contributed by atoms with E-state index in [1.807, 2.05) is 36.4 Å². The number of anilines is 1. The fourth-order valence-electron chi connectivity index (χ4n) is 2.87. The second-order valence-electron chi connectivity index (χ2n) is 6.62. The van der Waals surface area contributed by atoms with Crippen LogP contribution in [0.25, 0.3) is 10.2 Å². The van der Waals surface area contributed by atoms with Crippen molar-refractivity contribution in [3.8, 4) is 0 Å². The van der Waals surface area contributed by atoms with Crippen LogP contribution in [0.4, 0.5) is 5.69 Å². The minimum atomic E-state index is -0.628. The van der Waals surface area contributed by atoms with Crippen molar-refractivity contribution >= 4 is 56.8 Å². The van der Waals surface area contributed by atoms with Gasteiger partial charge in [-0.15, -0.1) is 11.3 Å². The van der Waals surface area contributed by atoms with Gasteiger partial charge in [-0.25, -0.2) is 4.98 Å². The average Bonchev–Trinajstić information content (AvgIpc) is 3.24. The first kappa shape index (κ1) is 23.6. The summed E-state index contributed by atoms with van der Waals surface area (Å²) in [6.45, 7) is 5.38. The van der Waals surface area contributed by atoms with Gasteiger partial charge < -0.3 is 9.64 Å². The van der Waals surface area contributed by atoms with E-state index in [4.69, 9.17) is 4.74 Å². The largest absolute Gasteiger partial charge is 0.455 e. The molecule has 0 spiro atoms. The van der Waals surface area contributed by atoms with E-state index in [0.717, 1.165) is 33.3 Å². The Kier molecular flexibility index (Phi) is 8.46. The van der Waals surface area contributed by atoms with Crippen LogP contribution in [0.1, 0.15) is 24.2 Å². The van der Waals surface area contributed by atoms with E-state index in [9.17, 15) is 14.4 Å². The number of rotatable bonds is 9. The molecule has 0 fully saturated rings. The number of carbonyl (C=O) groups excluding carboxylic acids is 3. The molecule has 1 heterocycles. The monoisotopic (exact) mass is 472 g/mol. The maximum absolute atomic E-state index is 12.2. The van der Waals surface area contributed by atoms with Gasteiger partial charge in [0.1, 0.15) is 0 Å². The lowest BCUT2D eigenvalue weighted by Crippen LogP contribution is -2.43. The Morgan fingerprint density at radius 3 is 2.44 bits per heavy atom. The first-order valence-electron chi connectivity index (χ1n) is 10.1. The van der Waals surface area contributed by atoms with E-state index in [0.29, 0.717) is 5.56 Å². The Labute approximate surface area is 194 Å². The molecule has 0 unspecified atom stereocenters. The number of hydrogen-bond acceptors (Lipinski definition) is 8. The van der Waals surface area contributed by atoms with Crippen LogP contribution in [-0.4, -0.2) is 48.2 Å². The summed E-state index contributed by atoms with van der Waals surface area (Å²) < 4.78 is 6.75. The Morgan fingerprint density at radius 1 is 1.03 bits per heavy atom. The van der Waals surface area contributed by atoms with Crippen molar-refractivity contribution in [1.29, 1.82) is 0 Å². The van der Waals surface area contributed by atoms with E-state index in [1.165, 1.54) is 23.1 Å². The summed E-state index contributed by atoms with van der Waals surface area (Å²) in [6, 6.07) is 14.8. The van der Waals surface area contributed by atoms with Crippen molar-refractivity contribution in [2.45, 2.75) is 18.2 Å². The van der Waals surface area contributed by atoms with Gasteiger partial charge in [-0.2, -0.15) is 0 Å². The van der Waals surface area contributed by atoms with Crippen molar-refractivity contribution < 1.29 is 19.1 Å². The Bertz CT molecular complexity index is 1050. The summed E-state index contributed by atoms with van der Waals surface area (Å²) in [7, 11) is 0. The number of benzene rings is 2. The second-order valence-corrected chi connectivity index (χ2v) is 8.87. The molecule has 0 atom stereocenters. The quantitative estimate of drug-likeness (QED) is 0.280. The minimum absolute atomic E-state index is 0.0400. The molecular formula is C22H24N4O4S2. The lowest BCUT2D eigenvalue weighted by atomic mass is 10.2. The van der Waals surface area contributed by atoms with Crippen molar-refractivity contribution in [2.24, 2.45) is 0 Å². The highest BCUT2D eigenvalue weighted by atomic mass is 32.2. The molecule has 0 aliphatic heterocycles. The average molecular weight is 473 g/mol. The smallest absolute Gasteiger partial charge is 0.316 e. The highest BCUT2D eigenvalue weighted by Gasteiger charge is 2.12. The number of hydrazine groups is 1. The van der Waals surface area contributed by atoms with E-state index < -0.39 is 24.4 Å². The van der Waals surface area contributed by atoms with Gasteiger partial charge in [0.25, 0.3) is 11.8 Å². The van der Waals surface area contributed by atoms with Crippen LogP contribution < -0.4 is 15.8 Å². The molecule has 0 aliphatic rings. The minimum Gasteiger partial charge on any atom is -0.455 e. The van der Waals surface area contributed by atoms with Crippen LogP contribution in [-0.2, 0) is 14.3 Å². The van der Waals surface area contributed by atoms with Crippen molar-refractivity contribution in [3.63, 3.8) is 0 Å². The molecule has 32 heavy (non-hydrogen) atoms. The standard InChI is InChI=1S/C22H24N4O4S2/c1-3-26(4-2)16-11-9-15(10-12-16)21(29)25-24-19(27)13-30-20(28)14-31-22-23-17-7-5-6-8-18(17)32-22/h5-12H,3-4,13-14H2,1-2H3,(H,24,27)(H,25,29). The summed E-state index contributed by atoms with van der Waals surface area (Å²) >= 11 is 2.75. The van der Waals surface area contributed by atoms with Crippen molar-refractivity contribution in [3.05, 3.63) is 54.1 Å². The number of para-hydroxylation sites is 1. The number of nitrogens with zero attached hydrogens (tertiary/aromatic N) is 2. The lowest BCUT2D eigenvalue weighted by Gasteiger charge is -2.21. The van der Waals surface area contributed by atoms with Crippen LogP contribution in [0.2, 0.25) is 0 Å². The molecule has 2 N–H and O–H groups in total. The summed E-state index contributed by atoms with van der Waals surface area (Å²) in [5, 5.41) is 0. The van der Waals surface area contributed by atoms with Crippen LogP contribution >= 0.6 is 23.1 Å². The van der Waals surface area contributed by atoms with Crippen LogP contribution in [0, 0.1) is 0 Å². The molecule has 2 aromatic carbocycles. The first-order valence-corrected chi connectivity index (χ1v) is 11.9. The number of amides is 2. The zero-order chi connectivity index (χ0) is 22.9. The van der Waals surface area contributed by atoms with Crippen molar-refractivity contribution in [1.82, 2.24) is 15.8 Å². The summed E-state index contributed by atoms with van der Waals surface area (Å²) in [5.74, 6) is -1.58. The maximum atomic E-state index is 12.2. The Balaban J connectivity index is 1.37. The Hall–Kier alpha value is -3.11. The number of ether oxygens (including phenoxy) is 1. The number of thioether (sulfide) groups is 1. The van der Waals surface area contributed by atoms with E-state index >= 15 is 0 Å². The number of fused-ring (bicyclic) bond motifs is 1. The van der Waals surface area contributed by atoms with E-state index in [2.05, 4.69) is 34.6 Å². The molecule has 3 aromatic rings. The Morgan fingerprint density at radius 2 is 1.75 bits per heavy atom. The molecule has 0 saturated carbocycles. The number of esters is 1. The highest BCUT2D eigenvalue weighted by Crippen LogP contribution is 2.29. The maximum Gasteiger partial charge on any atom is 0.316 e. The van der Waals surface area contributed by atoms with Gasteiger partial charge in [0, 0.05) is 24.3 Å². The second kappa shape index (κ2) is 11.5. The van der Waals surface area contributed by atoms with Gasteiger partial charge in [0.15, 0.2) is 10.9 Å². The molecule has 0 aliphatic carbocycles. The predicted molar refractivity (Wildman–Crippen MR) is 127 cm³/mol. The summed E-state index contributed by atoms with van der Waals surface area (Å²) in [6.07, 6.45) is 0. The number of aromatic nitrogens is 1. The molecule has 1 aromatic heterocycles. The molecule has 168 valence electrons. The van der Waals surface area contributed by atoms with Crippen LogP contribution in [0.3, 0.4) is 0 Å². The fraction of sp³-hybridized carbons (Fsp3) is 0.273.